The van der Waals surface area contributed by atoms with E-state index in [2.05, 4.69) is 37.2 Å². The van der Waals surface area contributed by atoms with Crippen LogP contribution < -0.4 is 11.1 Å². The molecular formula is C12H16Br2N2O. The lowest BCUT2D eigenvalue weighted by Gasteiger charge is -2.17. The monoisotopic (exact) mass is 362 g/mol. The smallest absolute Gasteiger partial charge is 0.224 e. The van der Waals surface area contributed by atoms with Crippen LogP contribution in [0.25, 0.3) is 0 Å². The summed E-state index contributed by atoms with van der Waals surface area (Å²) in [6.45, 7) is 3.82. The van der Waals surface area contributed by atoms with Gasteiger partial charge in [-0.3, -0.25) is 4.79 Å². The van der Waals surface area contributed by atoms with Crippen LogP contribution in [0.1, 0.15) is 26.7 Å². The maximum atomic E-state index is 11.7. The molecule has 5 heteroatoms. The quantitative estimate of drug-likeness (QED) is 0.857. The van der Waals surface area contributed by atoms with Crippen molar-refractivity contribution in [2.24, 2.45) is 5.73 Å². The van der Waals surface area contributed by atoms with Gasteiger partial charge in [-0.15, -0.1) is 0 Å². The van der Waals surface area contributed by atoms with E-state index in [1.807, 2.05) is 32.0 Å². The van der Waals surface area contributed by atoms with Crippen molar-refractivity contribution >= 4 is 43.5 Å². The third-order valence-corrected chi connectivity index (χ3v) is 3.38. The minimum absolute atomic E-state index is 0.0256. The molecule has 0 saturated carbocycles. The van der Waals surface area contributed by atoms with Gasteiger partial charge in [0, 0.05) is 20.9 Å². The van der Waals surface area contributed by atoms with Crippen LogP contribution in [0, 0.1) is 0 Å². The zero-order chi connectivity index (χ0) is 13.1. The van der Waals surface area contributed by atoms with Crippen molar-refractivity contribution in [2.45, 2.75) is 32.2 Å². The Morgan fingerprint density at radius 1 is 1.41 bits per heavy atom. The minimum atomic E-state index is -0.314. The van der Waals surface area contributed by atoms with Gasteiger partial charge < -0.3 is 11.1 Å². The van der Waals surface area contributed by atoms with E-state index < -0.39 is 0 Å². The standard InChI is InChI=1S/C12H16Br2N2O/c1-12(2,15)6-5-11(17)16-10-7-8(13)3-4-9(10)14/h3-4,7H,5-6,15H2,1-2H3,(H,16,17). The third-order valence-electron chi connectivity index (χ3n) is 2.20. The van der Waals surface area contributed by atoms with Crippen LogP contribution in [-0.2, 0) is 4.79 Å². The molecule has 0 atom stereocenters. The van der Waals surface area contributed by atoms with Crippen molar-refractivity contribution in [3.05, 3.63) is 27.1 Å². The Morgan fingerprint density at radius 2 is 2.06 bits per heavy atom. The lowest BCUT2D eigenvalue weighted by molar-refractivity contribution is -0.116. The van der Waals surface area contributed by atoms with Crippen molar-refractivity contribution in [3.8, 4) is 0 Å². The molecule has 0 unspecified atom stereocenters. The Morgan fingerprint density at radius 3 is 2.65 bits per heavy atom. The molecule has 0 aliphatic heterocycles. The normalized spacial score (nSPS) is 11.4. The summed E-state index contributed by atoms with van der Waals surface area (Å²) in [6.07, 6.45) is 1.08. The number of halogens is 2. The molecule has 0 heterocycles. The number of carbonyl (C=O) groups excluding carboxylic acids is 1. The first-order valence-corrected chi connectivity index (χ1v) is 6.90. The Balaban J connectivity index is 2.59. The van der Waals surface area contributed by atoms with Gasteiger partial charge in [-0.1, -0.05) is 15.9 Å². The molecule has 94 valence electrons. The lowest BCUT2D eigenvalue weighted by atomic mass is 10.00. The van der Waals surface area contributed by atoms with E-state index in [0.717, 1.165) is 14.6 Å². The van der Waals surface area contributed by atoms with Gasteiger partial charge in [-0.25, -0.2) is 0 Å². The van der Waals surface area contributed by atoms with Crippen LogP contribution in [0.4, 0.5) is 5.69 Å². The van der Waals surface area contributed by atoms with Crippen molar-refractivity contribution in [1.82, 2.24) is 0 Å². The number of carbonyl (C=O) groups is 1. The molecule has 3 nitrogen and oxygen atoms in total. The highest BCUT2D eigenvalue weighted by atomic mass is 79.9. The highest BCUT2D eigenvalue weighted by Gasteiger charge is 2.14. The molecule has 0 spiro atoms. The van der Waals surface area contributed by atoms with Gasteiger partial charge in [0.25, 0.3) is 0 Å². The maximum absolute atomic E-state index is 11.7. The lowest BCUT2D eigenvalue weighted by Crippen LogP contribution is -2.33. The van der Waals surface area contributed by atoms with E-state index in [0.29, 0.717) is 12.8 Å². The Kier molecular flexibility index (Phi) is 5.16. The van der Waals surface area contributed by atoms with Gasteiger partial charge in [0.1, 0.15) is 0 Å². The number of amides is 1. The zero-order valence-corrected chi connectivity index (χ0v) is 13.1. The van der Waals surface area contributed by atoms with Crippen LogP contribution >= 0.6 is 31.9 Å². The van der Waals surface area contributed by atoms with E-state index in [1.54, 1.807) is 0 Å². The molecule has 0 radical (unpaired) electrons. The fraction of sp³-hybridized carbons (Fsp3) is 0.417. The molecule has 1 amide bonds. The molecule has 0 saturated heterocycles. The number of rotatable bonds is 4. The molecule has 17 heavy (non-hydrogen) atoms. The maximum Gasteiger partial charge on any atom is 0.224 e. The summed E-state index contributed by atoms with van der Waals surface area (Å²) in [5.41, 5.74) is 6.28. The van der Waals surface area contributed by atoms with E-state index >= 15 is 0 Å². The number of hydrogen-bond donors (Lipinski definition) is 2. The van der Waals surface area contributed by atoms with Gasteiger partial charge in [0.15, 0.2) is 0 Å². The number of hydrogen-bond acceptors (Lipinski definition) is 2. The molecule has 0 aromatic heterocycles. The molecule has 1 aromatic carbocycles. The van der Waals surface area contributed by atoms with Crippen molar-refractivity contribution < 1.29 is 4.79 Å². The molecule has 0 bridgehead atoms. The second kappa shape index (κ2) is 5.98. The van der Waals surface area contributed by atoms with Crippen LogP contribution in [0.3, 0.4) is 0 Å². The van der Waals surface area contributed by atoms with Gasteiger partial charge >= 0.3 is 0 Å². The summed E-state index contributed by atoms with van der Waals surface area (Å²) in [5, 5.41) is 2.85. The Labute approximate surface area is 118 Å². The first-order valence-electron chi connectivity index (χ1n) is 5.32. The highest BCUT2D eigenvalue weighted by molar-refractivity contribution is 9.11. The third kappa shape index (κ3) is 5.66. The Bertz CT molecular complexity index is 413. The van der Waals surface area contributed by atoms with Crippen LogP contribution in [-0.4, -0.2) is 11.4 Å². The highest BCUT2D eigenvalue weighted by Crippen LogP contribution is 2.26. The van der Waals surface area contributed by atoms with Gasteiger partial charge in [-0.2, -0.15) is 0 Å². The van der Waals surface area contributed by atoms with Crippen molar-refractivity contribution in [3.63, 3.8) is 0 Å². The topological polar surface area (TPSA) is 55.1 Å². The summed E-state index contributed by atoms with van der Waals surface area (Å²) in [5.74, 6) is -0.0256. The largest absolute Gasteiger partial charge is 0.326 e. The predicted molar refractivity (Wildman–Crippen MR) is 78.0 cm³/mol. The predicted octanol–water partition coefficient (Wildman–Crippen LogP) is 3.67. The molecule has 3 N–H and O–H groups in total. The van der Waals surface area contributed by atoms with Gasteiger partial charge in [0.2, 0.25) is 5.91 Å². The molecule has 1 rings (SSSR count). The van der Waals surface area contributed by atoms with E-state index in [1.165, 1.54) is 0 Å². The zero-order valence-electron chi connectivity index (χ0n) is 9.89. The Hall–Kier alpha value is -0.390. The number of benzene rings is 1. The van der Waals surface area contributed by atoms with Crippen molar-refractivity contribution in [2.75, 3.05) is 5.32 Å². The van der Waals surface area contributed by atoms with Crippen LogP contribution in [0.15, 0.2) is 27.1 Å². The number of anilines is 1. The second-order valence-corrected chi connectivity index (χ2v) is 6.43. The summed E-state index contributed by atoms with van der Waals surface area (Å²) >= 11 is 6.75. The molecular weight excluding hydrogens is 348 g/mol. The molecule has 1 aromatic rings. The molecule has 0 aliphatic rings. The van der Waals surface area contributed by atoms with Crippen molar-refractivity contribution in [1.29, 1.82) is 0 Å². The average Bonchev–Trinajstić information content (AvgIpc) is 2.20. The van der Waals surface area contributed by atoms with Crippen LogP contribution in [0.5, 0.6) is 0 Å². The first-order chi connectivity index (χ1) is 7.78. The average molecular weight is 364 g/mol. The van der Waals surface area contributed by atoms with E-state index in [9.17, 15) is 4.79 Å². The molecule has 0 fully saturated rings. The number of nitrogens with two attached hydrogens (primary N) is 1. The summed E-state index contributed by atoms with van der Waals surface area (Å²) in [6, 6.07) is 5.64. The summed E-state index contributed by atoms with van der Waals surface area (Å²) in [7, 11) is 0. The van der Waals surface area contributed by atoms with Gasteiger partial charge in [-0.05, 0) is 54.4 Å². The summed E-state index contributed by atoms with van der Waals surface area (Å²) < 4.78 is 1.79. The minimum Gasteiger partial charge on any atom is -0.326 e. The van der Waals surface area contributed by atoms with E-state index in [4.69, 9.17) is 5.73 Å². The SMILES string of the molecule is CC(C)(N)CCC(=O)Nc1cc(Br)ccc1Br. The first kappa shape index (κ1) is 14.7. The second-order valence-electron chi connectivity index (χ2n) is 4.66. The fourth-order valence-electron chi connectivity index (χ4n) is 1.24. The number of nitrogens with one attached hydrogen (secondary N) is 1. The fourth-order valence-corrected chi connectivity index (χ4v) is 1.95. The van der Waals surface area contributed by atoms with Crippen LogP contribution in [0.2, 0.25) is 0 Å². The molecule has 0 aliphatic carbocycles. The van der Waals surface area contributed by atoms with E-state index in [-0.39, 0.29) is 11.4 Å². The van der Waals surface area contributed by atoms with Gasteiger partial charge in [0.05, 0.1) is 5.69 Å². The summed E-state index contributed by atoms with van der Waals surface area (Å²) in [4.78, 5) is 11.7.